The standard InChI is InChI=1S/C34H36N4O5/c1-21-29(32(39)40)31(30(33(41)42)22(2)36-21)25-11-13-26(14-12-25)37-34(43)35-17-6-18-38-19-15-24(16-20-38)28-10-5-8-23-7-3-4-9-27(23)28/h3-5,7-15,25-26H,6,16-20H2,1-2H3,(H,39,40)(H,41,42)(H2,35,37,43). The summed E-state index contributed by atoms with van der Waals surface area (Å²) >= 11 is 0. The number of aromatic nitrogens is 1. The third kappa shape index (κ3) is 6.67. The Morgan fingerprint density at radius 2 is 1.60 bits per heavy atom. The van der Waals surface area contributed by atoms with Crippen LogP contribution in [-0.4, -0.2) is 70.3 Å². The zero-order valence-electron chi connectivity index (χ0n) is 24.3. The lowest BCUT2D eigenvalue weighted by Crippen LogP contribution is -2.42. The van der Waals surface area contributed by atoms with Crippen LogP contribution in [0.5, 0.6) is 0 Å². The van der Waals surface area contributed by atoms with E-state index in [1.165, 1.54) is 21.9 Å². The number of urea groups is 1. The van der Waals surface area contributed by atoms with Crippen molar-refractivity contribution in [3.63, 3.8) is 0 Å². The van der Waals surface area contributed by atoms with Gasteiger partial charge in [0, 0.05) is 32.1 Å². The maximum Gasteiger partial charge on any atom is 0.337 e. The number of hydrogen-bond acceptors (Lipinski definition) is 5. The van der Waals surface area contributed by atoms with Gasteiger partial charge in [0.25, 0.3) is 0 Å². The van der Waals surface area contributed by atoms with Gasteiger partial charge >= 0.3 is 18.0 Å². The summed E-state index contributed by atoms with van der Waals surface area (Å²) in [4.78, 5) is 43.0. The molecule has 4 N–H and O–H groups in total. The number of carbonyl (C=O) groups is 3. The van der Waals surface area contributed by atoms with Gasteiger partial charge in [-0.15, -0.1) is 0 Å². The molecule has 0 spiro atoms. The fourth-order valence-electron chi connectivity index (χ4n) is 6.02. The van der Waals surface area contributed by atoms with E-state index in [-0.39, 0.29) is 34.1 Å². The summed E-state index contributed by atoms with van der Waals surface area (Å²) in [6.07, 6.45) is 11.0. The topological polar surface area (TPSA) is 132 Å². The molecular weight excluding hydrogens is 544 g/mol. The van der Waals surface area contributed by atoms with Crippen LogP contribution in [0, 0.1) is 13.8 Å². The number of aromatic carboxylic acids is 2. The van der Waals surface area contributed by atoms with Crippen molar-refractivity contribution in [3.8, 4) is 0 Å². The molecule has 9 nitrogen and oxygen atoms in total. The Balaban J connectivity index is 1.10. The van der Waals surface area contributed by atoms with E-state index < -0.39 is 23.9 Å². The molecule has 1 aliphatic heterocycles. The second kappa shape index (κ2) is 13.0. The van der Waals surface area contributed by atoms with Crippen molar-refractivity contribution in [2.45, 2.75) is 38.6 Å². The number of pyridine rings is 1. The van der Waals surface area contributed by atoms with Crippen LogP contribution in [0.15, 0.2) is 72.8 Å². The van der Waals surface area contributed by atoms with Crippen LogP contribution in [0.4, 0.5) is 4.79 Å². The lowest BCUT2D eigenvalue weighted by Gasteiger charge is -2.27. The van der Waals surface area contributed by atoms with Crippen molar-refractivity contribution < 1.29 is 24.6 Å². The van der Waals surface area contributed by atoms with Gasteiger partial charge in [0.15, 0.2) is 0 Å². The van der Waals surface area contributed by atoms with Crippen molar-refractivity contribution >= 4 is 34.3 Å². The molecule has 0 radical (unpaired) electrons. The minimum absolute atomic E-state index is 0.111. The normalized spacial score (nSPS) is 18.3. The summed E-state index contributed by atoms with van der Waals surface area (Å²) in [6, 6.07) is 14.2. The Morgan fingerprint density at radius 3 is 2.26 bits per heavy atom. The molecule has 0 saturated carbocycles. The van der Waals surface area contributed by atoms with Crippen molar-refractivity contribution in [1.82, 2.24) is 20.5 Å². The number of carboxylic acids is 2. The summed E-state index contributed by atoms with van der Waals surface area (Å²) in [5.74, 6) is -3.03. The summed E-state index contributed by atoms with van der Waals surface area (Å²) in [5, 5.41) is 27.9. The smallest absolute Gasteiger partial charge is 0.337 e. The fraction of sp³-hybridized carbons (Fsp3) is 0.294. The molecule has 1 aromatic heterocycles. The fourth-order valence-corrected chi connectivity index (χ4v) is 6.02. The molecule has 0 saturated heterocycles. The number of carboxylic acid groups (broad SMARTS) is 2. The summed E-state index contributed by atoms with van der Waals surface area (Å²) in [6.45, 7) is 6.39. The lowest BCUT2D eigenvalue weighted by molar-refractivity contribution is 0.0693. The minimum atomic E-state index is -1.23. The van der Waals surface area contributed by atoms with Gasteiger partial charge in [0.05, 0.1) is 28.6 Å². The van der Waals surface area contributed by atoms with E-state index in [0.717, 1.165) is 32.5 Å². The Kier molecular flexibility index (Phi) is 9.01. The number of nitrogens with one attached hydrogen (secondary N) is 2. The average Bonchev–Trinajstić information content (AvgIpc) is 2.99. The molecule has 5 rings (SSSR count). The van der Waals surface area contributed by atoms with Crippen LogP contribution in [0.2, 0.25) is 0 Å². The van der Waals surface area contributed by atoms with E-state index >= 15 is 0 Å². The number of carbonyl (C=O) groups excluding carboxylic acids is 1. The van der Waals surface area contributed by atoms with Crippen LogP contribution >= 0.6 is 0 Å². The molecule has 0 fully saturated rings. The Bertz CT molecular complexity index is 1600. The van der Waals surface area contributed by atoms with Crippen molar-refractivity contribution in [3.05, 3.63) is 106 Å². The van der Waals surface area contributed by atoms with E-state index in [1.54, 1.807) is 38.2 Å². The zero-order valence-corrected chi connectivity index (χ0v) is 24.3. The number of aryl methyl sites for hydroxylation is 2. The third-order valence-electron chi connectivity index (χ3n) is 8.07. The minimum Gasteiger partial charge on any atom is -0.478 e. The molecule has 222 valence electrons. The quantitative estimate of drug-likeness (QED) is 0.199. The number of nitrogens with zero attached hydrogens (tertiary/aromatic N) is 2. The van der Waals surface area contributed by atoms with Gasteiger partial charge in [-0.2, -0.15) is 0 Å². The van der Waals surface area contributed by atoms with E-state index in [9.17, 15) is 24.6 Å². The first-order valence-corrected chi connectivity index (χ1v) is 14.5. The van der Waals surface area contributed by atoms with Gasteiger partial charge in [0.2, 0.25) is 0 Å². The van der Waals surface area contributed by atoms with Crippen LogP contribution < -0.4 is 10.6 Å². The van der Waals surface area contributed by atoms with Gasteiger partial charge in [-0.25, -0.2) is 14.4 Å². The number of amides is 2. The predicted octanol–water partition coefficient (Wildman–Crippen LogP) is 5.30. The number of fused-ring (bicyclic) bond motifs is 1. The van der Waals surface area contributed by atoms with Gasteiger partial charge in [0.1, 0.15) is 0 Å². The summed E-state index contributed by atoms with van der Waals surface area (Å²) in [5.41, 5.74) is 3.19. The SMILES string of the molecule is Cc1nc(C)c(C(=O)O)c(C2C=CC(NC(=O)NCCCN3CC=C(c4cccc5ccccc45)CC3)C=C2)c1C(=O)O. The summed E-state index contributed by atoms with van der Waals surface area (Å²) in [7, 11) is 0. The monoisotopic (exact) mass is 580 g/mol. The number of rotatable bonds is 9. The van der Waals surface area contributed by atoms with Crippen LogP contribution in [0.25, 0.3) is 16.3 Å². The van der Waals surface area contributed by atoms with Crippen molar-refractivity contribution in [2.24, 2.45) is 0 Å². The van der Waals surface area contributed by atoms with Gasteiger partial charge in [-0.05, 0) is 54.2 Å². The molecule has 0 bridgehead atoms. The molecule has 0 unspecified atom stereocenters. The zero-order chi connectivity index (χ0) is 30.5. The molecule has 1 aliphatic carbocycles. The lowest BCUT2D eigenvalue weighted by atomic mass is 9.85. The molecule has 9 heteroatoms. The first kappa shape index (κ1) is 29.7. The molecule has 3 aromatic rings. The summed E-state index contributed by atoms with van der Waals surface area (Å²) < 4.78 is 0. The van der Waals surface area contributed by atoms with E-state index in [2.05, 4.69) is 69.1 Å². The number of hydrogen-bond donors (Lipinski definition) is 4. The van der Waals surface area contributed by atoms with Gasteiger partial charge in [-0.1, -0.05) is 72.8 Å². The second-order valence-corrected chi connectivity index (χ2v) is 10.9. The molecule has 0 atom stereocenters. The van der Waals surface area contributed by atoms with E-state index in [4.69, 9.17) is 0 Å². The van der Waals surface area contributed by atoms with Crippen LogP contribution in [0.1, 0.15) is 62.0 Å². The van der Waals surface area contributed by atoms with Crippen LogP contribution in [-0.2, 0) is 0 Å². The average molecular weight is 581 g/mol. The highest BCUT2D eigenvalue weighted by Gasteiger charge is 2.29. The van der Waals surface area contributed by atoms with Crippen molar-refractivity contribution in [2.75, 3.05) is 26.2 Å². The highest BCUT2D eigenvalue weighted by Crippen LogP contribution is 2.32. The number of allylic oxidation sites excluding steroid dienone is 2. The van der Waals surface area contributed by atoms with Gasteiger partial charge < -0.3 is 20.8 Å². The van der Waals surface area contributed by atoms with E-state index in [0.29, 0.717) is 6.54 Å². The molecule has 2 heterocycles. The predicted molar refractivity (Wildman–Crippen MR) is 167 cm³/mol. The first-order valence-electron chi connectivity index (χ1n) is 14.5. The molecule has 43 heavy (non-hydrogen) atoms. The molecular formula is C34H36N4O5. The van der Waals surface area contributed by atoms with Gasteiger partial charge in [-0.3, -0.25) is 9.88 Å². The molecule has 2 amide bonds. The maximum atomic E-state index is 12.5. The van der Waals surface area contributed by atoms with E-state index in [1.807, 2.05) is 0 Å². The first-order chi connectivity index (χ1) is 20.7. The largest absolute Gasteiger partial charge is 0.478 e. The third-order valence-corrected chi connectivity index (χ3v) is 8.07. The molecule has 2 aromatic carbocycles. The Hall–Kier alpha value is -4.76. The Morgan fingerprint density at radius 1 is 0.930 bits per heavy atom. The second-order valence-electron chi connectivity index (χ2n) is 10.9. The Labute approximate surface area is 250 Å². The van der Waals surface area contributed by atoms with Crippen molar-refractivity contribution in [1.29, 1.82) is 0 Å². The highest BCUT2D eigenvalue weighted by molar-refractivity contribution is 5.98. The van der Waals surface area contributed by atoms with Crippen LogP contribution in [0.3, 0.4) is 0 Å². The highest BCUT2D eigenvalue weighted by atomic mass is 16.4. The maximum absolute atomic E-state index is 12.5. The molecule has 2 aliphatic rings. The number of benzene rings is 2.